The Kier molecular flexibility index (Phi) is 14.0. The summed E-state index contributed by atoms with van der Waals surface area (Å²) in [6, 6.07) is 0. The molecule has 4 aliphatic rings. The van der Waals surface area contributed by atoms with Gasteiger partial charge in [-0.2, -0.15) is 193 Å². The maximum atomic E-state index is 16.7. The molecular formula is C26H4F44O8. The van der Waals surface area contributed by atoms with Crippen LogP contribution in [0.4, 0.5) is 193 Å². The van der Waals surface area contributed by atoms with Crippen molar-refractivity contribution < 1.29 is 233 Å². The summed E-state index contributed by atoms with van der Waals surface area (Å²) in [5, 5.41) is 34.9. The smallest absolute Gasteiger partial charge is 0.350 e. The zero-order valence-electron chi connectivity index (χ0n) is 33.1. The molecule has 4 bridgehead atoms. The van der Waals surface area contributed by atoms with Gasteiger partial charge in [0, 0.05) is 0 Å². The van der Waals surface area contributed by atoms with Crippen LogP contribution in [-0.4, -0.2) is 175 Å². The Bertz CT molecular complexity index is 1930. The van der Waals surface area contributed by atoms with Crippen molar-refractivity contribution in [1.29, 1.82) is 0 Å². The molecule has 0 amide bonds. The molecular weight excluding hydrogens is 1280 g/mol. The number of rotatable bonds is 16. The molecule has 0 aromatic carbocycles. The van der Waals surface area contributed by atoms with Crippen LogP contribution in [0.2, 0.25) is 0 Å². The Morgan fingerprint density at radius 3 is 0.359 bits per heavy atom. The van der Waals surface area contributed by atoms with Gasteiger partial charge in [-0.25, -0.2) is 0 Å². The van der Waals surface area contributed by atoms with Crippen LogP contribution >= 0.6 is 0 Å². The molecule has 0 aromatic rings. The third kappa shape index (κ3) is 6.65. The number of hydrogen-bond acceptors (Lipinski definition) is 8. The van der Waals surface area contributed by atoms with Crippen LogP contribution < -0.4 is 0 Å². The van der Waals surface area contributed by atoms with Gasteiger partial charge in [-0.15, -0.1) is 0 Å². The fourth-order valence-electron chi connectivity index (χ4n) is 7.14. The molecule has 0 saturated heterocycles. The van der Waals surface area contributed by atoms with E-state index >= 15 is 87.8 Å². The predicted molar refractivity (Wildman–Crippen MR) is 133 cm³/mol. The summed E-state index contributed by atoms with van der Waals surface area (Å²) >= 11 is 0. The molecule has 464 valence electrons. The lowest BCUT2D eigenvalue weighted by atomic mass is 9.38. The summed E-state index contributed by atoms with van der Waals surface area (Å²) in [5.74, 6) is -143. The van der Waals surface area contributed by atoms with Gasteiger partial charge in [0.05, 0.1) is 0 Å². The van der Waals surface area contributed by atoms with Gasteiger partial charge in [-0.3, -0.25) is 18.9 Å². The van der Waals surface area contributed by atoms with Gasteiger partial charge >= 0.3 is 132 Å². The Morgan fingerprint density at radius 1 is 0.192 bits per heavy atom. The van der Waals surface area contributed by atoms with Crippen LogP contribution in [0.3, 0.4) is 0 Å². The third-order valence-electron chi connectivity index (χ3n) is 11.1. The Morgan fingerprint density at radius 2 is 0.282 bits per heavy atom. The quantitative estimate of drug-likeness (QED) is 0.113. The van der Waals surface area contributed by atoms with Crippen molar-refractivity contribution in [2.75, 3.05) is 0 Å². The maximum absolute atomic E-state index is 16.7. The van der Waals surface area contributed by atoms with E-state index in [1.54, 1.807) is 0 Å². The predicted octanol–water partition coefficient (Wildman–Crippen LogP) is 10.7. The van der Waals surface area contributed by atoms with Crippen molar-refractivity contribution in [1.82, 2.24) is 0 Å². The Labute approximate surface area is 388 Å². The molecule has 52 heteroatoms. The number of ether oxygens (including phenoxy) is 4. The molecule has 4 N–H and O–H groups in total. The van der Waals surface area contributed by atoms with E-state index in [4.69, 9.17) is 20.4 Å². The number of aliphatic hydroxyl groups is 4. The van der Waals surface area contributed by atoms with Gasteiger partial charge in [0.15, 0.2) is 0 Å². The van der Waals surface area contributed by atoms with Gasteiger partial charge in [-0.1, -0.05) is 0 Å². The van der Waals surface area contributed by atoms with Crippen LogP contribution in [0.15, 0.2) is 0 Å². The van der Waals surface area contributed by atoms with Crippen LogP contribution in [0.25, 0.3) is 0 Å². The fraction of sp³-hybridized carbons (Fsp3) is 1.00. The molecule has 0 aromatic heterocycles. The van der Waals surface area contributed by atoms with E-state index in [2.05, 4.69) is 0 Å². The second kappa shape index (κ2) is 15.8. The lowest BCUT2D eigenvalue weighted by Gasteiger charge is -2.79. The summed E-state index contributed by atoms with van der Waals surface area (Å²) in [7, 11) is 0. The first-order chi connectivity index (χ1) is 32.8. The van der Waals surface area contributed by atoms with Crippen LogP contribution in [0.5, 0.6) is 0 Å². The standard InChI is InChI=1S/C26H4F44O8/c27-5(28)1(75-23(63,64)15(47,71)11(39,40)19(51,52)53)6(29,30)3(77-25(67,68)17(49,73)13(43,44)21(57,58)59)8(33,34)2(5,76-24(65,66)16(48,72)12(41,42)20(54,55)56)9(35,36)4(7(1,31)32,10(3,37)38)78-26(69,70)18(50,74)14(45,46)22(60,61)62/h71-74H. The van der Waals surface area contributed by atoms with Gasteiger partial charge in [0.1, 0.15) is 0 Å². The molecule has 0 spiro atoms. The summed E-state index contributed by atoms with van der Waals surface area (Å²) in [6.45, 7) is 0. The molecule has 8 nitrogen and oxygen atoms in total. The molecule has 0 heterocycles. The van der Waals surface area contributed by atoms with Crippen molar-refractivity contribution in [2.45, 2.75) is 154 Å². The zero-order chi connectivity index (χ0) is 63.8. The minimum Gasteiger partial charge on any atom is -0.350 e. The van der Waals surface area contributed by atoms with E-state index in [0.717, 1.165) is 18.9 Å². The van der Waals surface area contributed by atoms with Crippen molar-refractivity contribution in [3.63, 3.8) is 0 Å². The maximum Gasteiger partial charge on any atom is 0.459 e. The van der Waals surface area contributed by atoms with Crippen molar-refractivity contribution >= 4 is 0 Å². The van der Waals surface area contributed by atoms with E-state index in [-0.39, 0.29) is 0 Å². The second-order valence-electron chi connectivity index (χ2n) is 15.4. The first-order valence-corrected chi connectivity index (χ1v) is 16.8. The number of alkyl halides is 44. The Hall–Kier alpha value is -3.40. The van der Waals surface area contributed by atoms with Gasteiger partial charge < -0.3 is 20.4 Å². The average Bonchev–Trinajstić information content (AvgIpc) is 3.15. The zero-order valence-corrected chi connectivity index (χ0v) is 33.1. The first kappa shape index (κ1) is 68.9. The molecule has 4 aliphatic carbocycles. The highest BCUT2D eigenvalue weighted by molar-refractivity contribution is 5.56. The average molecular weight is 1280 g/mol. The minimum absolute atomic E-state index is 0.834. The number of halogens is 44. The lowest BCUT2D eigenvalue weighted by molar-refractivity contribution is -0.693. The van der Waals surface area contributed by atoms with Crippen LogP contribution in [0.1, 0.15) is 0 Å². The van der Waals surface area contributed by atoms with E-state index in [1.807, 2.05) is 0 Å². The molecule has 0 aliphatic heterocycles. The third-order valence-corrected chi connectivity index (χ3v) is 11.1. The molecule has 0 radical (unpaired) electrons. The fourth-order valence-corrected chi connectivity index (χ4v) is 7.14. The molecule has 78 heavy (non-hydrogen) atoms. The van der Waals surface area contributed by atoms with Crippen molar-refractivity contribution in [2.24, 2.45) is 0 Å². The van der Waals surface area contributed by atoms with E-state index < -0.39 is 154 Å². The van der Waals surface area contributed by atoms with Crippen LogP contribution in [0, 0.1) is 0 Å². The van der Waals surface area contributed by atoms with E-state index in [0.29, 0.717) is 0 Å². The highest BCUT2D eigenvalue weighted by Crippen LogP contribution is 2.90. The van der Waals surface area contributed by atoms with Gasteiger partial charge in [-0.05, 0) is 0 Å². The highest BCUT2D eigenvalue weighted by atomic mass is 19.5. The van der Waals surface area contributed by atoms with E-state index in [9.17, 15) is 105 Å². The van der Waals surface area contributed by atoms with Crippen molar-refractivity contribution in [3.8, 4) is 0 Å². The molecule has 4 fully saturated rings. The lowest BCUT2D eigenvalue weighted by Crippen LogP contribution is -3.13. The summed E-state index contributed by atoms with van der Waals surface area (Å²) in [6.07, 6.45) is -76.5. The summed E-state index contributed by atoms with van der Waals surface area (Å²) < 4.78 is 651. The summed E-state index contributed by atoms with van der Waals surface area (Å²) in [4.78, 5) is 0. The highest BCUT2D eigenvalue weighted by Gasteiger charge is 3.25. The molecule has 4 unspecified atom stereocenters. The number of hydrogen-bond donors (Lipinski definition) is 4. The van der Waals surface area contributed by atoms with E-state index in [1.165, 1.54) is 0 Å². The first-order valence-electron chi connectivity index (χ1n) is 16.8. The minimum atomic E-state index is -11.2. The van der Waals surface area contributed by atoms with Crippen molar-refractivity contribution in [3.05, 3.63) is 0 Å². The normalized spacial score (nSPS) is 32.0. The monoisotopic (exact) mass is 1280 g/mol. The topological polar surface area (TPSA) is 118 Å². The Balaban J connectivity index is 3.21. The SMILES string of the molecule is OC(F)(C(F)(F)OC12C(F)(F)C3(OC(F)(F)C(O)(F)C(F)(F)C(F)(F)F)C(F)(F)C(OC(F)(F)C(O)(F)C(F)(F)C(F)(F)F)(C1(F)F)C(F)(F)C(OC(F)(F)C(O)(F)C(F)(F)C(F)(F)F)(C2(F)F)C3(F)F)C(F)(F)C(F)(F)F. The second-order valence-corrected chi connectivity index (χ2v) is 15.4. The largest absolute Gasteiger partial charge is 0.459 e. The van der Waals surface area contributed by atoms with Gasteiger partial charge in [0.25, 0.3) is 22.4 Å². The summed E-state index contributed by atoms with van der Waals surface area (Å²) in [5.41, 5.74) is -44.6. The molecule has 4 saturated carbocycles. The van der Waals surface area contributed by atoms with Gasteiger partial charge in [0.2, 0.25) is 0 Å². The molecule has 4 rings (SSSR count). The van der Waals surface area contributed by atoms with Crippen LogP contribution in [-0.2, 0) is 18.9 Å². The molecule has 4 atom stereocenters.